The lowest BCUT2D eigenvalue weighted by Crippen LogP contribution is -2.19. The summed E-state index contributed by atoms with van der Waals surface area (Å²) in [6.45, 7) is 0.750. The standard InChI is InChI=1S/C19H18N4O6S2/c1-29-10-9-22-16-7-6-15(31(20,27)28)12-17(16)30-19(22)21-18(24)8-5-13-3-2-4-14(11-13)23(25)26/h2-8,11-12H,9-10H2,1H3,(H2,20,27,28)/b8-5+,21-19?. The molecule has 2 N–H and O–H groups in total. The number of hydrogen-bond donors (Lipinski definition) is 1. The zero-order chi connectivity index (χ0) is 22.6. The van der Waals surface area contributed by atoms with Crippen LogP contribution in [0.5, 0.6) is 0 Å². The van der Waals surface area contributed by atoms with E-state index < -0.39 is 20.9 Å². The molecule has 1 amide bonds. The summed E-state index contributed by atoms with van der Waals surface area (Å²) in [5.74, 6) is -0.573. The zero-order valence-electron chi connectivity index (χ0n) is 16.3. The molecule has 1 heterocycles. The highest BCUT2D eigenvalue weighted by Crippen LogP contribution is 2.21. The molecule has 0 saturated carbocycles. The van der Waals surface area contributed by atoms with Gasteiger partial charge in [0.1, 0.15) is 0 Å². The van der Waals surface area contributed by atoms with E-state index in [9.17, 15) is 23.3 Å². The fraction of sp³-hybridized carbons (Fsp3) is 0.158. The van der Waals surface area contributed by atoms with Gasteiger partial charge in [0.2, 0.25) is 10.0 Å². The van der Waals surface area contributed by atoms with Crippen LogP contribution in [0.15, 0.2) is 58.4 Å². The number of hydrogen-bond acceptors (Lipinski definition) is 7. The first-order valence-corrected chi connectivity index (χ1v) is 11.2. The Bertz CT molecular complexity index is 1360. The van der Waals surface area contributed by atoms with Crippen LogP contribution in [-0.4, -0.2) is 37.5 Å². The van der Waals surface area contributed by atoms with E-state index in [0.29, 0.717) is 33.7 Å². The number of nitro benzene ring substituents is 1. The molecule has 0 aliphatic rings. The lowest BCUT2D eigenvalue weighted by atomic mass is 10.2. The van der Waals surface area contributed by atoms with E-state index in [1.165, 1.54) is 49.6 Å². The number of methoxy groups -OCH3 is 1. The van der Waals surface area contributed by atoms with Gasteiger partial charge < -0.3 is 9.30 Å². The predicted molar refractivity (Wildman–Crippen MR) is 116 cm³/mol. The van der Waals surface area contributed by atoms with E-state index >= 15 is 0 Å². The van der Waals surface area contributed by atoms with Crippen LogP contribution in [0.3, 0.4) is 0 Å². The summed E-state index contributed by atoms with van der Waals surface area (Å²) in [6.07, 6.45) is 2.64. The molecule has 0 unspecified atom stereocenters. The third-order valence-electron chi connectivity index (χ3n) is 4.21. The average molecular weight is 463 g/mol. The molecule has 10 nitrogen and oxygen atoms in total. The van der Waals surface area contributed by atoms with Gasteiger partial charge in [0.15, 0.2) is 4.80 Å². The number of carbonyl (C=O) groups excluding carboxylic acids is 1. The van der Waals surface area contributed by atoms with Gasteiger partial charge in [-0.3, -0.25) is 14.9 Å². The average Bonchev–Trinajstić information content (AvgIpc) is 3.06. The van der Waals surface area contributed by atoms with E-state index in [4.69, 9.17) is 9.88 Å². The Morgan fingerprint density at radius 3 is 2.77 bits per heavy atom. The second kappa shape index (κ2) is 9.31. The number of aromatic nitrogens is 1. The highest BCUT2D eigenvalue weighted by atomic mass is 32.2. The van der Waals surface area contributed by atoms with Crippen molar-refractivity contribution in [3.8, 4) is 0 Å². The van der Waals surface area contributed by atoms with Crippen LogP contribution in [0.4, 0.5) is 5.69 Å². The van der Waals surface area contributed by atoms with E-state index in [-0.39, 0.29) is 10.6 Å². The first-order valence-electron chi connectivity index (χ1n) is 8.85. The Balaban J connectivity index is 2.00. The van der Waals surface area contributed by atoms with Gasteiger partial charge in [-0.15, -0.1) is 0 Å². The smallest absolute Gasteiger partial charge is 0.272 e. The van der Waals surface area contributed by atoms with Crippen molar-refractivity contribution in [3.63, 3.8) is 0 Å². The number of carbonyl (C=O) groups is 1. The van der Waals surface area contributed by atoms with E-state index in [2.05, 4.69) is 4.99 Å². The molecule has 12 heteroatoms. The highest BCUT2D eigenvalue weighted by molar-refractivity contribution is 7.89. The molecule has 3 aromatic rings. The number of benzene rings is 2. The first-order chi connectivity index (χ1) is 14.7. The van der Waals surface area contributed by atoms with Crippen molar-refractivity contribution in [2.75, 3.05) is 13.7 Å². The normalized spacial score (nSPS) is 12.6. The van der Waals surface area contributed by atoms with Crippen molar-refractivity contribution in [1.29, 1.82) is 0 Å². The molecule has 162 valence electrons. The first kappa shape index (κ1) is 22.5. The fourth-order valence-electron chi connectivity index (χ4n) is 2.76. The molecule has 1 aromatic heterocycles. The molecule has 0 radical (unpaired) electrons. The van der Waals surface area contributed by atoms with Gasteiger partial charge in [0.05, 0.1) is 26.6 Å². The fourth-order valence-corrected chi connectivity index (χ4v) is 4.47. The summed E-state index contributed by atoms with van der Waals surface area (Å²) in [5.41, 5.74) is 1.09. The Morgan fingerprint density at radius 2 is 2.10 bits per heavy atom. The van der Waals surface area contributed by atoms with Crippen LogP contribution in [0.1, 0.15) is 5.56 Å². The summed E-state index contributed by atoms with van der Waals surface area (Å²) < 4.78 is 30.7. The molecule has 0 aliphatic carbocycles. The number of ether oxygens (including phenoxy) is 1. The van der Waals surface area contributed by atoms with Crippen LogP contribution in [0.2, 0.25) is 0 Å². The molecule has 3 rings (SSSR count). The predicted octanol–water partition coefficient (Wildman–Crippen LogP) is 2.05. The third-order valence-corrected chi connectivity index (χ3v) is 6.16. The van der Waals surface area contributed by atoms with Gasteiger partial charge in [-0.25, -0.2) is 13.6 Å². The van der Waals surface area contributed by atoms with Crippen LogP contribution in [0, 0.1) is 10.1 Å². The van der Waals surface area contributed by atoms with Gasteiger partial charge in [-0.1, -0.05) is 23.5 Å². The van der Waals surface area contributed by atoms with Gasteiger partial charge >= 0.3 is 0 Å². The summed E-state index contributed by atoms with van der Waals surface area (Å²) in [6, 6.07) is 10.3. The molecular weight excluding hydrogens is 444 g/mol. The summed E-state index contributed by atoms with van der Waals surface area (Å²) in [4.78, 5) is 27.2. The number of rotatable bonds is 7. The molecule has 0 bridgehead atoms. The minimum absolute atomic E-state index is 0.0383. The maximum absolute atomic E-state index is 12.4. The van der Waals surface area contributed by atoms with E-state index in [1.807, 2.05) is 0 Å². The number of amides is 1. The molecule has 0 aliphatic heterocycles. The lowest BCUT2D eigenvalue weighted by Gasteiger charge is -2.04. The van der Waals surface area contributed by atoms with Gasteiger partial charge in [0, 0.05) is 31.9 Å². The van der Waals surface area contributed by atoms with Crippen molar-refractivity contribution >= 4 is 49.2 Å². The molecule has 0 saturated heterocycles. The summed E-state index contributed by atoms with van der Waals surface area (Å²) in [5, 5.41) is 16.1. The number of thiazole rings is 1. The summed E-state index contributed by atoms with van der Waals surface area (Å²) >= 11 is 1.14. The Morgan fingerprint density at radius 1 is 1.32 bits per heavy atom. The van der Waals surface area contributed by atoms with Crippen molar-refractivity contribution in [2.24, 2.45) is 10.1 Å². The monoisotopic (exact) mass is 462 g/mol. The van der Waals surface area contributed by atoms with Gasteiger partial charge in [0.25, 0.3) is 11.6 Å². The van der Waals surface area contributed by atoms with Gasteiger partial charge in [-0.2, -0.15) is 4.99 Å². The van der Waals surface area contributed by atoms with Crippen molar-refractivity contribution in [1.82, 2.24) is 4.57 Å². The van der Waals surface area contributed by atoms with Crippen LogP contribution < -0.4 is 9.94 Å². The third kappa shape index (κ3) is 5.49. The molecule has 2 aromatic carbocycles. The Labute approximate surface area is 181 Å². The SMILES string of the molecule is COCCn1c(=NC(=O)/C=C/c2cccc([N+](=O)[O-])c2)sc2cc(S(N)(=O)=O)ccc21. The zero-order valence-corrected chi connectivity index (χ0v) is 17.9. The second-order valence-electron chi connectivity index (χ2n) is 6.34. The van der Waals surface area contributed by atoms with Crippen LogP contribution in [-0.2, 0) is 26.1 Å². The molecule has 0 fully saturated rings. The summed E-state index contributed by atoms with van der Waals surface area (Å²) in [7, 11) is -2.33. The molecule has 0 atom stereocenters. The van der Waals surface area contributed by atoms with E-state index in [1.54, 1.807) is 16.7 Å². The number of sulfonamides is 1. The quantitative estimate of drug-likeness (QED) is 0.323. The van der Waals surface area contributed by atoms with Crippen LogP contribution >= 0.6 is 11.3 Å². The second-order valence-corrected chi connectivity index (χ2v) is 8.91. The van der Waals surface area contributed by atoms with Crippen molar-refractivity contribution in [3.05, 3.63) is 69.0 Å². The van der Waals surface area contributed by atoms with E-state index in [0.717, 1.165) is 11.3 Å². The van der Waals surface area contributed by atoms with Crippen LogP contribution in [0.25, 0.3) is 16.3 Å². The largest absolute Gasteiger partial charge is 0.383 e. The minimum atomic E-state index is -3.87. The maximum atomic E-state index is 12.4. The van der Waals surface area contributed by atoms with Gasteiger partial charge in [-0.05, 0) is 29.8 Å². The minimum Gasteiger partial charge on any atom is -0.383 e. The molecule has 0 spiro atoms. The van der Waals surface area contributed by atoms with Crippen molar-refractivity contribution < 1.29 is 22.9 Å². The lowest BCUT2D eigenvalue weighted by molar-refractivity contribution is -0.384. The number of non-ortho nitro benzene ring substituents is 1. The highest BCUT2D eigenvalue weighted by Gasteiger charge is 2.13. The number of fused-ring (bicyclic) bond motifs is 1. The Hall–Kier alpha value is -3.19. The number of primary sulfonamides is 1. The maximum Gasteiger partial charge on any atom is 0.272 e. The molecule has 31 heavy (non-hydrogen) atoms. The number of nitrogens with two attached hydrogens (primary N) is 1. The molecular formula is C19H18N4O6S2. The topological polar surface area (TPSA) is 147 Å². The Kier molecular flexibility index (Phi) is 6.75. The number of nitro groups is 1. The number of nitrogens with zero attached hydrogens (tertiary/aromatic N) is 3. The van der Waals surface area contributed by atoms with Crippen molar-refractivity contribution in [2.45, 2.75) is 11.4 Å².